The Kier molecular flexibility index (Phi) is 4.35. The molecule has 0 aliphatic carbocycles. The number of carbonyl (C=O) groups is 1. The van der Waals surface area contributed by atoms with Crippen LogP contribution in [0, 0.1) is 0 Å². The van der Waals surface area contributed by atoms with E-state index in [0.717, 1.165) is 10.0 Å². The van der Waals surface area contributed by atoms with E-state index in [1.54, 1.807) is 0 Å². The number of alkyl halides is 3. The summed E-state index contributed by atoms with van der Waals surface area (Å²) in [6.45, 7) is 0. The van der Waals surface area contributed by atoms with Gasteiger partial charge in [-0.05, 0) is 18.2 Å². The molecule has 1 heterocycles. The van der Waals surface area contributed by atoms with Crippen molar-refractivity contribution in [1.82, 2.24) is 3.97 Å². The van der Waals surface area contributed by atoms with Crippen LogP contribution in [0.5, 0.6) is 0 Å². The van der Waals surface area contributed by atoms with Gasteiger partial charge >= 0.3 is 6.18 Å². The normalized spacial score (nSPS) is 11.9. The van der Waals surface area contributed by atoms with Crippen molar-refractivity contribution in [3.05, 3.63) is 45.7 Å². The molecule has 0 amide bonds. The van der Waals surface area contributed by atoms with Crippen LogP contribution in [-0.4, -0.2) is 16.2 Å². The van der Waals surface area contributed by atoms with Crippen LogP contribution >= 0.6 is 24.9 Å². The van der Waals surface area contributed by atoms with Crippen molar-refractivity contribution in [2.75, 3.05) is 7.11 Å². The average Bonchev–Trinajstić information content (AvgIpc) is 2.41. The van der Waals surface area contributed by atoms with Gasteiger partial charge in [-0.2, -0.15) is 13.2 Å². The van der Waals surface area contributed by atoms with E-state index in [4.69, 9.17) is 0 Å². The molecule has 0 saturated heterocycles. The molecule has 1 aromatic heterocycles. The zero-order chi connectivity index (χ0) is 15.8. The Balaban J connectivity index is 2.78. The summed E-state index contributed by atoms with van der Waals surface area (Å²) >= 11 is 4.36. The molecule has 0 aliphatic heterocycles. The lowest BCUT2D eigenvalue weighted by Crippen LogP contribution is -2.18. The van der Waals surface area contributed by atoms with Gasteiger partial charge in [0.05, 0.1) is 30.2 Å². The van der Waals surface area contributed by atoms with E-state index in [1.165, 1.54) is 19.2 Å². The summed E-state index contributed by atoms with van der Waals surface area (Å²) < 4.78 is 44.4. The number of carbonyl (C=O) groups excluding carboxylic acids is 1. The van der Waals surface area contributed by atoms with Crippen LogP contribution in [0.2, 0.25) is 0 Å². The first kappa shape index (κ1) is 15.9. The fourth-order valence-corrected chi connectivity index (χ4v) is 2.41. The number of hydrogen-bond acceptors (Lipinski definition) is 5. The zero-order valence-electron chi connectivity index (χ0n) is 10.5. The maximum Gasteiger partial charge on any atom is 0.417 e. The number of fused-ring (bicyclic) bond motifs is 1. The smallest absolute Gasteiger partial charge is 0.311 e. The Hall–Kier alpha value is -1.45. The number of aromatic nitrogens is 1. The van der Waals surface area contributed by atoms with Crippen molar-refractivity contribution in [2.24, 2.45) is 0 Å². The molecular weight excluding hydrogens is 327 g/mol. The zero-order valence-corrected chi connectivity index (χ0v) is 12.2. The first-order chi connectivity index (χ1) is 9.75. The molecule has 21 heavy (non-hydrogen) atoms. The Labute approximate surface area is 126 Å². The molecule has 1 aromatic carbocycles. The minimum absolute atomic E-state index is 0.0304. The van der Waals surface area contributed by atoms with Gasteiger partial charge in [-0.3, -0.25) is 13.6 Å². The monoisotopic (exact) mass is 335 g/mol. The van der Waals surface area contributed by atoms with Crippen molar-refractivity contribution in [2.45, 2.75) is 6.18 Å². The summed E-state index contributed by atoms with van der Waals surface area (Å²) in [6, 6.07) is 4.07. The number of benzene rings is 1. The highest BCUT2D eigenvalue weighted by molar-refractivity contribution is 8.10. The third kappa shape index (κ3) is 3.09. The van der Waals surface area contributed by atoms with Gasteiger partial charge in [-0.25, -0.2) is 0 Å². The van der Waals surface area contributed by atoms with E-state index in [-0.39, 0.29) is 16.5 Å². The molecular formula is C12H8F3NO3S2. The van der Waals surface area contributed by atoms with Crippen LogP contribution in [0.25, 0.3) is 10.9 Å². The van der Waals surface area contributed by atoms with Crippen LogP contribution in [0.15, 0.2) is 29.1 Å². The number of thiol groups is 1. The number of hydrogen-bond donors (Lipinski definition) is 1. The molecule has 0 radical (unpaired) electrons. The van der Waals surface area contributed by atoms with Crippen LogP contribution < -0.4 is 5.56 Å². The number of pyridine rings is 1. The second-order valence-electron chi connectivity index (χ2n) is 3.98. The molecule has 0 aliphatic rings. The van der Waals surface area contributed by atoms with Crippen molar-refractivity contribution in [3.63, 3.8) is 0 Å². The molecule has 0 fully saturated rings. The van der Waals surface area contributed by atoms with Gasteiger partial charge in [0, 0.05) is 17.0 Å². The van der Waals surface area contributed by atoms with Crippen molar-refractivity contribution >= 4 is 40.9 Å². The first-order valence-electron chi connectivity index (χ1n) is 5.47. The van der Waals surface area contributed by atoms with E-state index in [0.29, 0.717) is 18.1 Å². The van der Waals surface area contributed by atoms with E-state index in [1.807, 2.05) is 0 Å². The predicted molar refractivity (Wildman–Crippen MR) is 76.5 cm³/mol. The Bertz CT molecular complexity index is 771. The fourth-order valence-electron chi connectivity index (χ4n) is 1.80. The Morgan fingerprint density at radius 1 is 1.33 bits per heavy atom. The summed E-state index contributed by atoms with van der Waals surface area (Å²) in [6.07, 6.45) is -4.71. The van der Waals surface area contributed by atoms with E-state index < -0.39 is 22.4 Å². The van der Waals surface area contributed by atoms with Crippen molar-refractivity contribution in [3.8, 4) is 0 Å². The lowest BCUT2D eigenvalue weighted by Gasteiger charge is -2.13. The molecule has 4 nitrogen and oxygen atoms in total. The quantitative estimate of drug-likeness (QED) is 0.677. The number of nitrogens with zero attached hydrogens (tertiary/aromatic N) is 1. The largest absolute Gasteiger partial charge is 0.417 e. The Morgan fingerprint density at radius 2 is 2.00 bits per heavy atom. The lowest BCUT2D eigenvalue weighted by molar-refractivity contribution is -0.136. The molecule has 2 rings (SSSR count). The highest BCUT2D eigenvalue weighted by Crippen LogP contribution is 2.34. The third-order valence-corrected chi connectivity index (χ3v) is 3.66. The van der Waals surface area contributed by atoms with Gasteiger partial charge in [-0.15, -0.1) is 0 Å². The molecule has 0 atom stereocenters. The summed E-state index contributed by atoms with van der Waals surface area (Å²) in [5.41, 5.74) is -2.00. The number of rotatable bonds is 2. The molecule has 0 bridgehead atoms. The standard InChI is InChI=1S/C12H8F3NO3S2/c1-19-21-11(18)6-2-3-9-7(4-6)8(12(13,14)15)5-10(17)16(9)20/h2-5,20H,1H3. The first-order valence-corrected chi connectivity index (χ1v) is 6.61. The van der Waals surface area contributed by atoms with Crippen LogP contribution in [-0.2, 0) is 10.4 Å². The van der Waals surface area contributed by atoms with E-state index in [2.05, 4.69) is 17.0 Å². The summed E-state index contributed by atoms with van der Waals surface area (Å²) in [4.78, 5) is 23.2. The van der Waals surface area contributed by atoms with Gasteiger partial charge in [0.2, 0.25) is 5.12 Å². The molecule has 0 unspecified atom stereocenters. The molecule has 0 saturated carbocycles. The maximum atomic E-state index is 13.0. The third-order valence-electron chi connectivity index (χ3n) is 2.69. The van der Waals surface area contributed by atoms with E-state index in [9.17, 15) is 22.8 Å². The van der Waals surface area contributed by atoms with E-state index >= 15 is 0 Å². The lowest BCUT2D eigenvalue weighted by atomic mass is 10.1. The average molecular weight is 335 g/mol. The molecule has 2 aromatic rings. The highest BCUT2D eigenvalue weighted by atomic mass is 32.2. The van der Waals surface area contributed by atoms with Gasteiger partial charge in [0.25, 0.3) is 5.56 Å². The SMILES string of the molecule is COSC(=O)c1ccc2c(c1)c(C(F)(F)F)cc(=O)n2S. The predicted octanol–water partition coefficient (Wildman–Crippen LogP) is 3.15. The summed E-state index contributed by atoms with van der Waals surface area (Å²) in [5, 5.41) is -0.816. The number of halogens is 3. The van der Waals surface area contributed by atoms with Crippen LogP contribution in [0.4, 0.5) is 13.2 Å². The minimum Gasteiger partial charge on any atom is -0.311 e. The minimum atomic E-state index is -4.71. The second kappa shape index (κ2) is 5.74. The summed E-state index contributed by atoms with van der Waals surface area (Å²) in [7, 11) is 1.27. The highest BCUT2D eigenvalue weighted by Gasteiger charge is 2.34. The second-order valence-corrected chi connectivity index (χ2v) is 5.25. The molecule has 0 spiro atoms. The fraction of sp³-hybridized carbons (Fsp3) is 0.167. The van der Waals surface area contributed by atoms with Gasteiger partial charge < -0.3 is 4.18 Å². The maximum absolute atomic E-state index is 13.0. The topological polar surface area (TPSA) is 48.3 Å². The van der Waals surface area contributed by atoms with Crippen molar-refractivity contribution in [1.29, 1.82) is 0 Å². The van der Waals surface area contributed by atoms with Gasteiger partial charge in [-0.1, -0.05) is 12.8 Å². The van der Waals surface area contributed by atoms with Gasteiger partial charge in [0.1, 0.15) is 0 Å². The van der Waals surface area contributed by atoms with Crippen molar-refractivity contribution < 1.29 is 22.1 Å². The van der Waals surface area contributed by atoms with Crippen LogP contribution in [0.3, 0.4) is 0 Å². The van der Waals surface area contributed by atoms with Gasteiger partial charge in [0.15, 0.2) is 0 Å². The van der Waals surface area contributed by atoms with Crippen LogP contribution in [0.1, 0.15) is 15.9 Å². The summed E-state index contributed by atoms with van der Waals surface area (Å²) in [5.74, 6) is 0. The molecule has 9 heteroatoms. The molecule has 0 N–H and O–H groups in total. The Morgan fingerprint density at radius 3 is 2.57 bits per heavy atom. The molecule has 112 valence electrons.